The highest BCUT2D eigenvalue weighted by Gasteiger charge is 2.36. The van der Waals surface area contributed by atoms with E-state index in [1.807, 2.05) is 16.4 Å². The summed E-state index contributed by atoms with van der Waals surface area (Å²) in [5.74, 6) is -1.77. The molecule has 158 valence electrons. The molecular formula is C21H27ClFN3O3. The molecule has 2 fully saturated rings. The lowest BCUT2D eigenvalue weighted by atomic mass is 9.79. The van der Waals surface area contributed by atoms with Crippen LogP contribution in [0.4, 0.5) is 10.1 Å². The first-order chi connectivity index (χ1) is 13.1. The SMILES string of the molecule is Cc1c(N2CC[C@H](N)C(C)(C)C2)c(F)cc2c(=O)c(C(=O)O)cn(C3CC3)c12.Cl. The molecule has 1 aromatic heterocycles. The van der Waals surface area contributed by atoms with Gasteiger partial charge in [-0.15, -0.1) is 12.4 Å². The Labute approximate surface area is 174 Å². The number of fused-ring (bicyclic) bond motifs is 1. The van der Waals surface area contributed by atoms with Gasteiger partial charge in [-0.1, -0.05) is 13.8 Å². The Bertz CT molecular complexity index is 1050. The van der Waals surface area contributed by atoms with Crippen molar-refractivity contribution in [3.63, 3.8) is 0 Å². The molecule has 2 aromatic rings. The number of carbonyl (C=O) groups is 1. The summed E-state index contributed by atoms with van der Waals surface area (Å²) in [6.45, 7) is 7.25. The largest absolute Gasteiger partial charge is 0.477 e. The molecule has 0 spiro atoms. The van der Waals surface area contributed by atoms with Crippen LogP contribution in [0.1, 0.15) is 55.1 Å². The maximum absolute atomic E-state index is 15.2. The fourth-order valence-corrected chi connectivity index (χ4v) is 4.42. The lowest BCUT2D eigenvalue weighted by Crippen LogP contribution is -2.52. The monoisotopic (exact) mass is 423 g/mol. The molecule has 6 nitrogen and oxygen atoms in total. The lowest BCUT2D eigenvalue weighted by molar-refractivity contribution is 0.0695. The summed E-state index contributed by atoms with van der Waals surface area (Å²) in [6.07, 6.45) is 4.04. The number of benzene rings is 1. The van der Waals surface area contributed by atoms with Gasteiger partial charge in [0.2, 0.25) is 5.43 Å². The zero-order chi connectivity index (χ0) is 20.4. The van der Waals surface area contributed by atoms with Crippen molar-refractivity contribution in [3.8, 4) is 0 Å². The van der Waals surface area contributed by atoms with Gasteiger partial charge in [0, 0.05) is 36.8 Å². The van der Waals surface area contributed by atoms with E-state index in [1.165, 1.54) is 12.3 Å². The van der Waals surface area contributed by atoms with Gasteiger partial charge in [0.25, 0.3) is 0 Å². The van der Waals surface area contributed by atoms with Gasteiger partial charge in [-0.25, -0.2) is 9.18 Å². The van der Waals surface area contributed by atoms with Crippen LogP contribution >= 0.6 is 12.4 Å². The predicted octanol–water partition coefficient (Wildman–Crippen LogP) is 3.47. The molecule has 2 aliphatic rings. The van der Waals surface area contributed by atoms with Gasteiger partial charge in [0.15, 0.2) is 0 Å². The molecule has 3 N–H and O–H groups in total. The van der Waals surface area contributed by atoms with Crippen LogP contribution in [0.3, 0.4) is 0 Å². The van der Waals surface area contributed by atoms with Crippen LogP contribution in [0.15, 0.2) is 17.1 Å². The van der Waals surface area contributed by atoms with E-state index >= 15 is 4.39 Å². The van der Waals surface area contributed by atoms with E-state index in [9.17, 15) is 14.7 Å². The number of rotatable bonds is 3. The van der Waals surface area contributed by atoms with Crippen molar-refractivity contribution in [2.45, 2.75) is 52.1 Å². The number of hydrogen-bond acceptors (Lipinski definition) is 4. The van der Waals surface area contributed by atoms with Crippen molar-refractivity contribution >= 4 is 35.0 Å². The molecule has 29 heavy (non-hydrogen) atoms. The standard InChI is InChI=1S/C21H26FN3O3.ClH/c1-11-17-13(19(26)14(20(27)28)9-25(17)12-4-5-12)8-15(22)18(11)24-7-6-16(23)21(2,3)10-24;/h8-9,12,16H,4-7,10,23H2,1-3H3,(H,27,28);1H/t16-;/m0./s1. The minimum atomic E-state index is -1.28. The molecule has 1 aliphatic heterocycles. The number of aromatic carboxylic acids is 1. The number of pyridine rings is 1. The van der Waals surface area contributed by atoms with Crippen molar-refractivity contribution in [2.75, 3.05) is 18.0 Å². The molecule has 0 amide bonds. The summed E-state index contributed by atoms with van der Waals surface area (Å²) in [7, 11) is 0. The third-order valence-corrected chi connectivity index (χ3v) is 6.28. The summed E-state index contributed by atoms with van der Waals surface area (Å²) < 4.78 is 17.1. The maximum atomic E-state index is 15.2. The first kappa shape index (κ1) is 21.6. The highest BCUT2D eigenvalue weighted by Crippen LogP contribution is 2.41. The molecule has 1 saturated carbocycles. The van der Waals surface area contributed by atoms with Gasteiger partial charge >= 0.3 is 5.97 Å². The molecule has 4 rings (SSSR count). The summed E-state index contributed by atoms with van der Waals surface area (Å²) in [5.41, 5.74) is 6.95. The van der Waals surface area contributed by atoms with Gasteiger partial charge in [-0.2, -0.15) is 0 Å². The Morgan fingerprint density at radius 2 is 1.97 bits per heavy atom. The van der Waals surface area contributed by atoms with E-state index in [-0.39, 0.29) is 40.9 Å². The van der Waals surface area contributed by atoms with Gasteiger partial charge < -0.3 is 20.3 Å². The fraction of sp³-hybridized carbons (Fsp3) is 0.524. The second kappa shape index (κ2) is 7.29. The van der Waals surface area contributed by atoms with Gasteiger partial charge in [-0.05, 0) is 43.2 Å². The molecule has 1 saturated heterocycles. The Balaban J connectivity index is 0.00000240. The predicted molar refractivity (Wildman–Crippen MR) is 114 cm³/mol. The van der Waals surface area contributed by atoms with Crippen molar-refractivity contribution in [1.82, 2.24) is 4.57 Å². The Morgan fingerprint density at radius 1 is 1.31 bits per heavy atom. The Morgan fingerprint density at radius 3 is 2.52 bits per heavy atom. The highest BCUT2D eigenvalue weighted by molar-refractivity contribution is 5.95. The molecule has 0 unspecified atom stereocenters. The zero-order valence-electron chi connectivity index (χ0n) is 16.9. The average molecular weight is 424 g/mol. The zero-order valence-corrected chi connectivity index (χ0v) is 17.7. The van der Waals surface area contributed by atoms with Crippen LogP contribution in [-0.2, 0) is 0 Å². The number of anilines is 1. The van der Waals surface area contributed by atoms with Crippen molar-refractivity contribution in [2.24, 2.45) is 11.1 Å². The summed E-state index contributed by atoms with van der Waals surface area (Å²) in [5, 5.41) is 9.54. The second-order valence-corrected chi connectivity index (χ2v) is 8.85. The molecule has 2 heterocycles. The number of carboxylic acids is 1. The smallest absolute Gasteiger partial charge is 0.341 e. The first-order valence-electron chi connectivity index (χ1n) is 9.73. The molecule has 8 heteroatoms. The molecule has 1 atom stereocenters. The number of hydrogen-bond donors (Lipinski definition) is 2. The van der Waals surface area contributed by atoms with E-state index in [2.05, 4.69) is 13.8 Å². The van der Waals surface area contributed by atoms with Crippen LogP contribution in [0, 0.1) is 18.2 Å². The Hall–Kier alpha value is -2.12. The molecular weight excluding hydrogens is 397 g/mol. The van der Waals surface area contributed by atoms with Gasteiger partial charge in [0.05, 0.1) is 11.2 Å². The molecule has 1 aliphatic carbocycles. The fourth-order valence-electron chi connectivity index (χ4n) is 4.42. The van der Waals surface area contributed by atoms with Crippen LogP contribution < -0.4 is 16.1 Å². The van der Waals surface area contributed by atoms with E-state index in [1.54, 1.807) is 0 Å². The van der Waals surface area contributed by atoms with Crippen molar-refractivity contribution in [3.05, 3.63) is 39.4 Å². The molecule has 0 radical (unpaired) electrons. The van der Waals surface area contributed by atoms with Crippen LogP contribution in [0.5, 0.6) is 0 Å². The van der Waals surface area contributed by atoms with Crippen LogP contribution in [0.2, 0.25) is 0 Å². The molecule has 1 aromatic carbocycles. The second-order valence-electron chi connectivity index (χ2n) is 8.85. The maximum Gasteiger partial charge on any atom is 0.341 e. The minimum Gasteiger partial charge on any atom is -0.477 e. The average Bonchev–Trinajstić information content (AvgIpc) is 3.43. The summed E-state index contributed by atoms with van der Waals surface area (Å²) in [4.78, 5) is 26.2. The number of nitrogens with zero attached hydrogens (tertiary/aromatic N) is 2. The van der Waals surface area contributed by atoms with E-state index in [0.717, 1.165) is 19.3 Å². The lowest BCUT2D eigenvalue weighted by Gasteiger charge is -2.44. The van der Waals surface area contributed by atoms with Crippen molar-refractivity contribution in [1.29, 1.82) is 0 Å². The number of aromatic nitrogens is 1. The number of halogens is 2. The number of aryl methyl sites for hydroxylation is 1. The normalized spacial score (nSPS) is 21.1. The van der Waals surface area contributed by atoms with E-state index in [0.29, 0.717) is 29.9 Å². The summed E-state index contributed by atoms with van der Waals surface area (Å²) >= 11 is 0. The third-order valence-electron chi connectivity index (χ3n) is 6.28. The topological polar surface area (TPSA) is 88.6 Å². The van der Waals surface area contributed by atoms with E-state index in [4.69, 9.17) is 5.73 Å². The van der Waals surface area contributed by atoms with Crippen molar-refractivity contribution < 1.29 is 14.3 Å². The van der Waals surface area contributed by atoms with E-state index < -0.39 is 17.2 Å². The number of carboxylic acid groups (broad SMARTS) is 1. The first-order valence-corrected chi connectivity index (χ1v) is 9.73. The number of nitrogens with two attached hydrogens (primary N) is 1. The highest BCUT2D eigenvalue weighted by atomic mass is 35.5. The van der Waals surface area contributed by atoms with Crippen LogP contribution in [0.25, 0.3) is 10.9 Å². The van der Waals surface area contributed by atoms with Crippen LogP contribution in [-0.4, -0.2) is 34.8 Å². The van der Waals surface area contributed by atoms with Gasteiger partial charge in [0.1, 0.15) is 11.4 Å². The number of piperidine rings is 1. The Kier molecular flexibility index (Phi) is 5.43. The molecule has 0 bridgehead atoms. The minimum absolute atomic E-state index is 0. The third kappa shape index (κ3) is 3.51. The quantitative estimate of drug-likeness (QED) is 0.789. The van der Waals surface area contributed by atoms with Gasteiger partial charge in [-0.3, -0.25) is 4.79 Å². The summed E-state index contributed by atoms with van der Waals surface area (Å²) in [6, 6.07) is 1.42.